The molecule has 190 valence electrons. The minimum absolute atomic E-state index is 0.0247. The summed E-state index contributed by atoms with van der Waals surface area (Å²) in [5, 5.41) is 16.7. The summed E-state index contributed by atoms with van der Waals surface area (Å²) in [6.07, 6.45) is 3.67. The molecular weight excluding hydrogens is 560 g/mol. The van der Waals surface area contributed by atoms with Crippen molar-refractivity contribution in [1.82, 2.24) is 9.66 Å². The van der Waals surface area contributed by atoms with Gasteiger partial charge in [0, 0.05) is 22.5 Å². The maximum absolute atomic E-state index is 13.3. The Morgan fingerprint density at radius 3 is 2.76 bits per heavy atom. The van der Waals surface area contributed by atoms with Gasteiger partial charge < -0.3 is 4.74 Å². The summed E-state index contributed by atoms with van der Waals surface area (Å²) in [6, 6.07) is 15.8. The second-order valence-corrected chi connectivity index (χ2v) is 9.86. The first kappa shape index (κ1) is 26.5. The lowest BCUT2D eigenvalue weighted by atomic mass is 10.1. The standard InChI is InChI=1S/C27H24BrClN4O4/c1-3-4-8-25-31-23-10-9-20(28)14-21(23)27(34)32(25)30-15-19-12-22(29)26(24(13-19)33(35)36)37-16-18-7-5-6-17(2)11-18/h5-7,9-15H,3-4,8,16H2,1-2H3. The number of aromatic nitrogens is 2. The number of hydrogen-bond acceptors (Lipinski definition) is 6. The Kier molecular flexibility index (Phi) is 8.35. The third kappa shape index (κ3) is 6.23. The monoisotopic (exact) mass is 582 g/mol. The van der Waals surface area contributed by atoms with E-state index in [9.17, 15) is 14.9 Å². The maximum Gasteiger partial charge on any atom is 0.313 e. The fourth-order valence-corrected chi connectivity index (χ4v) is 4.48. The molecule has 0 unspecified atom stereocenters. The lowest BCUT2D eigenvalue weighted by molar-refractivity contribution is -0.385. The van der Waals surface area contributed by atoms with Gasteiger partial charge in [-0.3, -0.25) is 14.9 Å². The van der Waals surface area contributed by atoms with Gasteiger partial charge >= 0.3 is 5.69 Å². The predicted octanol–water partition coefficient (Wildman–Crippen LogP) is 6.83. The SMILES string of the molecule is CCCCc1nc2ccc(Br)cc2c(=O)n1N=Cc1cc(Cl)c(OCc2cccc(C)c2)c([N+](=O)[O-])c1. The zero-order valence-corrected chi connectivity index (χ0v) is 22.6. The minimum atomic E-state index is -0.553. The molecule has 1 heterocycles. The van der Waals surface area contributed by atoms with Crippen LogP contribution in [0.5, 0.6) is 5.75 Å². The van der Waals surface area contributed by atoms with Crippen LogP contribution >= 0.6 is 27.5 Å². The second kappa shape index (κ2) is 11.7. The van der Waals surface area contributed by atoms with Crippen molar-refractivity contribution < 1.29 is 9.66 Å². The van der Waals surface area contributed by atoms with Gasteiger partial charge in [0.15, 0.2) is 0 Å². The summed E-state index contributed by atoms with van der Waals surface area (Å²) in [4.78, 5) is 29.2. The highest BCUT2D eigenvalue weighted by Crippen LogP contribution is 2.36. The van der Waals surface area contributed by atoms with Crippen molar-refractivity contribution in [1.29, 1.82) is 0 Å². The van der Waals surface area contributed by atoms with Crippen LogP contribution in [-0.2, 0) is 13.0 Å². The van der Waals surface area contributed by atoms with Crippen molar-refractivity contribution in [2.45, 2.75) is 39.7 Å². The molecule has 4 aromatic rings. The van der Waals surface area contributed by atoms with Crippen LogP contribution in [0.1, 0.15) is 42.3 Å². The molecule has 0 amide bonds. The molecule has 0 atom stereocenters. The van der Waals surface area contributed by atoms with Crippen molar-refractivity contribution in [2.75, 3.05) is 0 Å². The molecule has 0 bridgehead atoms. The highest BCUT2D eigenvalue weighted by atomic mass is 79.9. The number of rotatable bonds is 9. The van der Waals surface area contributed by atoms with E-state index in [0.717, 1.165) is 28.4 Å². The van der Waals surface area contributed by atoms with Crippen LogP contribution in [-0.4, -0.2) is 20.8 Å². The summed E-state index contributed by atoms with van der Waals surface area (Å²) in [6.45, 7) is 4.13. The first-order valence-electron chi connectivity index (χ1n) is 11.7. The number of hydrogen-bond donors (Lipinski definition) is 0. The van der Waals surface area contributed by atoms with E-state index in [1.54, 1.807) is 12.1 Å². The Balaban J connectivity index is 1.71. The zero-order valence-electron chi connectivity index (χ0n) is 20.3. The smallest absolute Gasteiger partial charge is 0.313 e. The summed E-state index contributed by atoms with van der Waals surface area (Å²) in [5.74, 6) is 0.486. The first-order chi connectivity index (χ1) is 17.8. The Morgan fingerprint density at radius 2 is 2.03 bits per heavy atom. The number of aryl methyl sites for hydroxylation is 2. The number of nitrogens with zero attached hydrogens (tertiary/aromatic N) is 4. The molecule has 0 aliphatic carbocycles. The van der Waals surface area contributed by atoms with E-state index in [2.05, 4.69) is 26.0 Å². The first-order valence-corrected chi connectivity index (χ1v) is 12.9. The van der Waals surface area contributed by atoms with E-state index in [1.807, 2.05) is 44.2 Å². The van der Waals surface area contributed by atoms with E-state index in [0.29, 0.717) is 28.7 Å². The third-order valence-electron chi connectivity index (χ3n) is 5.66. The molecule has 0 fully saturated rings. The zero-order chi connectivity index (χ0) is 26.5. The normalized spacial score (nSPS) is 11.4. The number of halogens is 2. The highest BCUT2D eigenvalue weighted by Gasteiger charge is 2.21. The molecule has 0 radical (unpaired) electrons. The fourth-order valence-electron chi connectivity index (χ4n) is 3.84. The Labute approximate surface area is 226 Å². The van der Waals surface area contributed by atoms with E-state index in [-0.39, 0.29) is 28.6 Å². The predicted molar refractivity (Wildman–Crippen MR) is 149 cm³/mol. The molecule has 3 aromatic carbocycles. The lowest BCUT2D eigenvalue weighted by Crippen LogP contribution is -2.22. The van der Waals surface area contributed by atoms with Crippen molar-refractivity contribution in [2.24, 2.45) is 5.10 Å². The van der Waals surface area contributed by atoms with Crippen LogP contribution in [0.4, 0.5) is 5.69 Å². The quantitative estimate of drug-likeness (QED) is 0.122. The summed E-state index contributed by atoms with van der Waals surface area (Å²) in [5.41, 5.74) is 2.23. The van der Waals surface area contributed by atoms with Gasteiger partial charge in [-0.15, -0.1) is 0 Å². The third-order valence-corrected chi connectivity index (χ3v) is 6.43. The average Bonchev–Trinajstić information content (AvgIpc) is 2.86. The van der Waals surface area contributed by atoms with Crippen molar-refractivity contribution >= 4 is 50.3 Å². The number of nitro groups is 1. The fraction of sp³-hybridized carbons (Fsp3) is 0.222. The number of fused-ring (bicyclic) bond motifs is 1. The van der Waals surface area contributed by atoms with Crippen molar-refractivity contribution in [3.63, 3.8) is 0 Å². The van der Waals surface area contributed by atoms with Gasteiger partial charge in [0.1, 0.15) is 12.4 Å². The lowest BCUT2D eigenvalue weighted by Gasteiger charge is -2.11. The molecule has 0 spiro atoms. The van der Waals surface area contributed by atoms with Gasteiger partial charge in [-0.25, -0.2) is 4.98 Å². The molecular formula is C27H24BrClN4O4. The second-order valence-electron chi connectivity index (χ2n) is 8.54. The van der Waals surface area contributed by atoms with Gasteiger partial charge in [0.2, 0.25) is 5.75 Å². The van der Waals surface area contributed by atoms with Crippen LogP contribution in [0.3, 0.4) is 0 Å². The highest BCUT2D eigenvalue weighted by molar-refractivity contribution is 9.10. The van der Waals surface area contributed by atoms with Crippen LogP contribution in [0.25, 0.3) is 10.9 Å². The van der Waals surface area contributed by atoms with Crippen LogP contribution in [0.15, 0.2) is 69.0 Å². The Morgan fingerprint density at radius 1 is 1.22 bits per heavy atom. The molecule has 4 rings (SSSR count). The van der Waals surface area contributed by atoms with Gasteiger partial charge in [-0.2, -0.15) is 9.78 Å². The van der Waals surface area contributed by atoms with Gasteiger partial charge in [-0.05, 0) is 43.2 Å². The molecule has 0 saturated carbocycles. The number of nitro benzene ring substituents is 1. The van der Waals surface area contributed by atoms with Crippen molar-refractivity contribution in [3.8, 4) is 5.75 Å². The van der Waals surface area contributed by atoms with E-state index < -0.39 is 4.92 Å². The van der Waals surface area contributed by atoms with Gasteiger partial charge in [0.05, 0.1) is 27.1 Å². The minimum Gasteiger partial charge on any atom is -0.481 e. The summed E-state index contributed by atoms with van der Waals surface area (Å²) < 4.78 is 7.73. The molecule has 8 nitrogen and oxygen atoms in total. The van der Waals surface area contributed by atoms with Crippen molar-refractivity contribution in [3.05, 3.63) is 107 Å². The number of ether oxygens (including phenoxy) is 1. The molecule has 0 aliphatic heterocycles. The van der Waals surface area contributed by atoms with E-state index in [4.69, 9.17) is 16.3 Å². The van der Waals surface area contributed by atoms with Crippen LogP contribution < -0.4 is 10.3 Å². The van der Waals surface area contributed by atoms with Crippen LogP contribution in [0, 0.1) is 17.0 Å². The summed E-state index contributed by atoms with van der Waals surface area (Å²) >= 11 is 9.80. The average molecular weight is 584 g/mol. The molecule has 1 aromatic heterocycles. The molecule has 0 aliphatic rings. The number of unbranched alkanes of at least 4 members (excludes halogenated alkanes) is 1. The molecule has 10 heteroatoms. The molecule has 0 saturated heterocycles. The largest absolute Gasteiger partial charge is 0.481 e. The molecule has 0 N–H and O–H groups in total. The van der Waals surface area contributed by atoms with E-state index >= 15 is 0 Å². The topological polar surface area (TPSA) is 99.6 Å². The molecule has 37 heavy (non-hydrogen) atoms. The van der Waals surface area contributed by atoms with Gasteiger partial charge in [-0.1, -0.05) is 70.7 Å². The van der Waals surface area contributed by atoms with E-state index in [1.165, 1.54) is 23.0 Å². The Bertz CT molecular complexity index is 1570. The van der Waals surface area contributed by atoms with Crippen LogP contribution in [0.2, 0.25) is 5.02 Å². The number of benzene rings is 3. The Hall–Kier alpha value is -3.56. The summed E-state index contributed by atoms with van der Waals surface area (Å²) in [7, 11) is 0. The maximum atomic E-state index is 13.3. The van der Waals surface area contributed by atoms with Gasteiger partial charge in [0.25, 0.3) is 5.56 Å².